The zero-order valence-electron chi connectivity index (χ0n) is 15.6. The van der Waals surface area contributed by atoms with Crippen molar-refractivity contribution in [3.8, 4) is 0 Å². The Balaban J connectivity index is 2.15. The molecule has 0 saturated carbocycles. The van der Waals surface area contributed by atoms with Gasteiger partial charge >= 0.3 is 6.18 Å². The number of hydrogen-bond donors (Lipinski definition) is 1. The average Bonchev–Trinajstić information content (AvgIpc) is 2.64. The second-order valence-electron chi connectivity index (χ2n) is 6.66. The first-order chi connectivity index (χ1) is 13.1. The fourth-order valence-corrected chi connectivity index (χ4v) is 3.06. The first-order valence-electron chi connectivity index (χ1n) is 8.75. The molecule has 0 fully saturated rings. The molecule has 0 atom stereocenters. The van der Waals surface area contributed by atoms with Crippen LogP contribution in [0.5, 0.6) is 0 Å². The molecular formula is C21H19F3N2O2. The van der Waals surface area contributed by atoms with Gasteiger partial charge in [0.2, 0.25) is 5.43 Å². The molecule has 0 unspecified atom stereocenters. The van der Waals surface area contributed by atoms with E-state index in [2.05, 4.69) is 5.32 Å². The molecule has 1 amide bonds. The number of aryl methyl sites for hydroxylation is 3. The molecule has 7 heteroatoms. The molecule has 4 nitrogen and oxygen atoms in total. The summed E-state index contributed by atoms with van der Waals surface area (Å²) in [7, 11) is 0. The number of alkyl halides is 3. The highest BCUT2D eigenvalue weighted by atomic mass is 19.4. The number of aromatic nitrogens is 1. The highest BCUT2D eigenvalue weighted by Crippen LogP contribution is 2.31. The molecule has 0 bridgehead atoms. The van der Waals surface area contributed by atoms with E-state index in [-0.39, 0.29) is 10.9 Å². The van der Waals surface area contributed by atoms with Crippen LogP contribution < -0.4 is 10.7 Å². The van der Waals surface area contributed by atoms with E-state index in [1.54, 1.807) is 17.6 Å². The summed E-state index contributed by atoms with van der Waals surface area (Å²) in [5, 5.41) is 2.56. The third kappa shape index (κ3) is 3.65. The second-order valence-corrected chi connectivity index (χ2v) is 6.66. The molecule has 0 aliphatic heterocycles. The van der Waals surface area contributed by atoms with E-state index in [1.165, 1.54) is 12.3 Å². The summed E-state index contributed by atoms with van der Waals surface area (Å²) in [4.78, 5) is 25.6. The van der Waals surface area contributed by atoms with Crippen LogP contribution in [-0.2, 0) is 12.7 Å². The lowest BCUT2D eigenvalue weighted by atomic mass is 10.1. The largest absolute Gasteiger partial charge is 0.416 e. The monoisotopic (exact) mass is 388 g/mol. The zero-order chi connectivity index (χ0) is 20.6. The minimum Gasteiger partial charge on any atom is -0.347 e. The SMILES string of the molecule is CCn1cc(C(=O)Nc2cc(C)ccc2C)c(=O)c2cc(C(F)(F)F)ccc21. The Bertz CT molecular complexity index is 1130. The molecular weight excluding hydrogens is 369 g/mol. The van der Waals surface area contributed by atoms with Crippen LogP contribution in [0.3, 0.4) is 0 Å². The Labute approximate surface area is 159 Å². The van der Waals surface area contributed by atoms with Gasteiger partial charge in [0.15, 0.2) is 0 Å². The van der Waals surface area contributed by atoms with Crippen molar-refractivity contribution in [2.24, 2.45) is 0 Å². The summed E-state index contributed by atoms with van der Waals surface area (Å²) in [5.41, 5.74) is 0.797. The standard InChI is InChI=1S/C21H19F3N2O2/c1-4-26-11-16(20(28)25-17-9-12(2)5-6-13(17)3)19(27)15-10-14(21(22,23)24)7-8-18(15)26/h5-11H,4H2,1-3H3,(H,25,28). The number of benzene rings is 2. The minimum atomic E-state index is -4.57. The lowest BCUT2D eigenvalue weighted by molar-refractivity contribution is -0.137. The molecule has 0 radical (unpaired) electrons. The van der Waals surface area contributed by atoms with Crippen molar-refractivity contribution in [2.75, 3.05) is 5.32 Å². The van der Waals surface area contributed by atoms with Crippen molar-refractivity contribution in [1.29, 1.82) is 0 Å². The number of carbonyl (C=O) groups excluding carboxylic acids is 1. The smallest absolute Gasteiger partial charge is 0.347 e. The van der Waals surface area contributed by atoms with Crippen LogP contribution >= 0.6 is 0 Å². The van der Waals surface area contributed by atoms with Gasteiger partial charge in [0.1, 0.15) is 5.56 Å². The highest BCUT2D eigenvalue weighted by Gasteiger charge is 2.31. The number of nitrogens with one attached hydrogen (secondary N) is 1. The maximum absolute atomic E-state index is 13.1. The summed E-state index contributed by atoms with van der Waals surface area (Å²) in [6.45, 7) is 5.86. The Kier molecular flexibility index (Phi) is 5.02. The minimum absolute atomic E-state index is 0.134. The molecule has 0 aliphatic carbocycles. The molecule has 0 spiro atoms. The van der Waals surface area contributed by atoms with Crippen LogP contribution in [0.4, 0.5) is 18.9 Å². The maximum atomic E-state index is 13.1. The van der Waals surface area contributed by atoms with Gasteiger partial charge < -0.3 is 9.88 Å². The van der Waals surface area contributed by atoms with Gasteiger partial charge in [-0.05, 0) is 56.2 Å². The Hall–Kier alpha value is -3.09. The lowest BCUT2D eigenvalue weighted by Gasteiger charge is -2.14. The molecule has 0 aliphatic rings. The summed E-state index contributed by atoms with van der Waals surface area (Å²) >= 11 is 0. The van der Waals surface area contributed by atoms with E-state index in [9.17, 15) is 22.8 Å². The van der Waals surface area contributed by atoms with Crippen molar-refractivity contribution >= 4 is 22.5 Å². The molecule has 1 N–H and O–H groups in total. The van der Waals surface area contributed by atoms with Gasteiger partial charge in [0.05, 0.1) is 11.1 Å². The highest BCUT2D eigenvalue weighted by molar-refractivity contribution is 6.06. The van der Waals surface area contributed by atoms with Gasteiger partial charge in [-0.15, -0.1) is 0 Å². The molecule has 0 saturated heterocycles. The number of pyridine rings is 1. The zero-order valence-corrected chi connectivity index (χ0v) is 15.6. The van der Waals surface area contributed by atoms with Crippen LogP contribution in [0.15, 0.2) is 47.4 Å². The first kappa shape index (κ1) is 19.7. The van der Waals surface area contributed by atoms with E-state index in [4.69, 9.17) is 0 Å². The molecule has 1 aromatic heterocycles. The van der Waals surface area contributed by atoms with Crippen LogP contribution in [0.25, 0.3) is 10.9 Å². The van der Waals surface area contributed by atoms with Crippen LogP contribution in [-0.4, -0.2) is 10.5 Å². The number of hydrogen-bond acceptors (Lipinski definition) is 2. The summed E-state index contributed by atoms with van der Waals surface area (Å²) in [5.74, 6) is -0.653. The molecule has 2 aromatic carbocycles. The van der Waals surface area contributed by atoms with Crippen LogP contribution in [0, 0.1) is 13.8 Å². The van der Waals surface area contributed by atoms with Gasteiger partial charge in [0.25, 0.3) is 5.91 Å². The van der Waals surface area contributed by atoms with Crippen LogP contribution in [0.1, 0.15) is 34.0 Å². The number of amides is 1. The number of rotatable bonds is 3. The predicted molar refractivity (Wildman–Crippen MR) is 103 cm³/mol. The molecule has 3 rings (SSSR count). The predicted octanol–water partition coefficient (Wildman–Crippen LogP) is 4.91. The van der Waals surface area contributed by atoms with Crippen molar-refractivity contribution in [3.63, 3.8) is 0 Å². The van der Waals surface area contributed by atoms with E-state index in [0.29, 0.717) is 17.7 Å². The van der Waals surface area contributed by atoms with E-state index in [1.807, 2.05) is 26.0 Å². The molecule has 146 valence electrons. The third-order valence-electron chi connectivity index (χ3n) is 4.63. The van der Waals surface area contributed by atoms with E-state index < -0.39 is 23.1 Å². The summed E-state index contributed by atoms with van der Waals surface area (Å²) in [6.07, 6.45) is -3.19. The number of fused-ring (bicyclic) bond motifs is 1. The fourth-order valence-electron chi connectivity index (χ4n) is 3.06. The van der Waals surface area contributed by atoms with Gasteiger partial charge in [-0.2, -0.15) is 13.2 Å². The topological polar surface area (TPSA) is 51.1 Å². The van der Waals surface area contributed by atoms with Gasteiger partial charge in [-0.1, -0.05) is 12.1 Å². The van der Waals surface area contributed by atoms with Crippen molar-refractivity contribution in [3.05, 3.63) is 75.1 Å². The number of carbonyl (C=O) groups is 1. The number of halogens is 3. The van der Waals surface area contributed by atoms with Crippen molar-refractivity contribution < 1.29 is 18.0 Å². The van der Waals surface area contributed by atoms with Gasteiger partial charge in [-0.25, -0.2) is 0 Å². The van der Waals surface area contributed by atoms with E-state index in [0.717, 1.165) is 23.3 Å². The number of anilines is 1. The quantitative estimate of drug-likeness (QED) is 0.693. The summed E-state index contributed by atoms with van der Waals surface area (Å²) < 4.78 is 40.8. The van der Waals surface area contributed by atoms with Crippen molar-refractivity contribution in [2.45, 2.75) is 33.5 Å². The summed E-state index contributed by atoms with van der Waals surface area (Å²) in [6, 6.07) is 8.50. The Morgan fingerprint density at radius 1 is 1.11 bits per heavy atom. The number of nitrogens with zero attached hydrogens (tertiary/aromatic N) is 1. The first-order valence-corrected chi connectivity index (χ1v) is 8.75. The maximum Gasteiger partial charge on any atom is 0.416 e. The van der Waals surface area contributed by atoms with Crippen molar-refractivity contribution in [1.82, 2.24) is 4.57 Å². The molecule has 28 heavy (non-hydrogen) atoms. The normalized spacial score (nSPS) is 11.6. The van der Waals surface area contributed by atoms with Crippen LogP contribution in [0.2, 0.25) is 0 Å². The Morgan fingerprint density at radius 3 is 2.46 bits per heavy atom. The van der Waals surface area contributed by atoms with E-state index >= 15 is 0 Å². The fraction of sp³-hybridized carbons (Fsp3) is 0.238. The lowest BCUT2D eigenvalue weighted by Crippen LogP contribution is -2.24. The third-order valence-corrected chi connectivity index (χ3v) is 4.63. The molecule has 1 heterocycles. The van der Waals surface area contributed by atoms with Gasteiger partial charge in [-0.3, -0.25) is 9.59 Å². The Morgan fingerprint density at radius 2 is 1.82 bits per heavy atom. The average molecular weight is 388 g/mol. The van der Waals surface area contributed by atoms with Gasteiger partial charge in [0, 0.05) is 23.8 Å². The molecule has 3 aromatic rings. The second kappa shape index (κ2) is 7.14.